The largest absolute Gasteiger partial charge is 0.494 e. The van der Waals surface area contributed by atoms with Crippen LogP contribution in [0, 0.1) is 0 Å². The first-order chi connectivity index (χ1) is 8.79. The molecule has 1 aliphatic rings. The van der Waals surface area contributed by atoms with E-state index in [0.29, 0.717) is 6.61 Å². The maximum Gasteiger partial charge on any atom is 0.119 e. The lowest BCUT2D eigenvalue weighted by molar-refractivity contribution is 0.0902. The molecule has 2 rings (SSSR count). The number of hydrogen-bond donors (Lipinski definition) is 2. The van der Waals surface area contributed by atoms with Crippen LogP contribution in [0.5, 0.6) is 5.75 Å². The van der Waals surface area contributed by atoms with E-state index in [0.717, 1.165) is 31.6 Å². The quantitative estimate of drug-likeness (QED) is 0.842. The van der Waals surface area contributed by atoms with Gasteiger partial charge in [0.05, 0.1) is 12.7 Å². The Morgan fingerprint density at radius 3 is 2.94 bits per heavy atom. The molecule has 2 N–H and O–H groups in total. The SMILES string of the molecule is CCOc1cccc(CN[C@@H]2CCCC[C@H]2O)c1. The molecular weight excluding hydrogens is 226 g/mol. The molecule has 0 spiro atoms. The van der Waals surface area contributed by atoms with Crippen LogP contribution in [-0.2, 0) is 6.54 Å². The van der Waals surface area contributed by atoms with Gasteiger partial charge in [0.25, 0.3) is 0 Å². The average molecular weight is 249 g/mol. The number of ether oxygens (including phenoxy) is 1. The zero-order chi connectivity index (χ0) is 12.8. The third-order valence-electron chi connectivity index (χ3n) is 3.51. The van der Waals surface area contributed by atoms with E-state index in [1.54, 1.807) is 0 Å². The Labute approximate surface area is 109 Å². The molecule has 0 aliphatic heterocycles. The van der Waals surface area contributed by atoms with Gasteiger partial charge in [-0.3, -0.25) is 0 Å². The van der Waals surface area contributed by atoms with E-state index in [-0.39, 0.29) is 12.1 Å². The van der Waals surface area contributed by atoms with E-state index in [4.69, 9.17) is 4.74 Å². The van der Waals surface area contributed by atoms with Crippen molar-refractivity contribution >= 4 is 0 Å². The Morgan fingerprint density at radius 1 is 1.33 bits per heavy atom. The second kappa shape index (κ2) is 6.76. The summed E-state index contributed by atoms with van der Waals surface area (Å²) in [6, 6.07) is 8.38. The maximum atomic E-state index is 9.90. The molecule has 1 aromatic carbocycles. The molecule has 1 saturated carbocycles. The third kappa shape index (κ3) is 3.72. The van der Waals surface area contributed by atoms with Crippen LogP contribution in [0.1, 0.15) is 38.2 Å². The fourth-order valence-corrected chi connectivity index (χ4v) is 2.51. The van der Waals surface area contributed by atoms with Crippen LogP contribution in [0.4, 0.5) is 0 Å². The fourth-order valence-electron chi connectivity index (χ4n) is 2.51. The third-order valence-corrected chi connectivity index (χ3v) is 3.51. The maximum absolute atomic E-state index is 9.90. The summed E-state index contributed by atoms with van der Waals surface area (Å²) in [5.41, 5.74) is 1.21. The van der Waals surface area contributed by atoms with Gasteiger partial charge in [-0.1, -0.05) is 25.0 Å². The van der Waals surface area contributed by atoms with E-state index in [1.165, 1.54) is 12.0 Å². The highest BCUT2D eigenvalue weighted by atomic mass is 16.5. The molecule has 3 heteroatoms. The molecule has 18 heavy (non-hydrogen) atoms. The minimum Gasteiger partial charge on any atom is -0.494 e. The van der Waals surface area contributed by atoms with Gasteiger partial charge in [0.1, 0.15) is 5.75 Å². The first-order valence-electron chi connectivity index (χ1n) is 6.93. The van der Waals surface area contributed by atoms with E-state index in [9.17, 15) is 5.11 Å². The molecule has 0 bridgehead atoms. The van der Waals surface area contributed by atoms with Gasteiger partial charge in [0.2, 0.25) is 0 Å². The summed E-state index contributed by atoms with van der Waals surface area (Å²) < 4.78 is 5.48. The van der Waals surface area contributed by atoms with E-state index in [2.05, 4.69) is 17.4 Å². The van der Waals surface area contributed by atoms with Crippen molar-refractivity contribution in [2.75, 3.05) is 6.61 Å². The van der Waals surface area contributed by atoms with Gasteiger partial charge < -0.3 is 15.2 Å². The highest BCUT2D eigenvalue weighted by Gasteiger charge is 2.21. The zero-order valence-corrected chi connectivity index (χ0v) is 11.1. The smallest absolute Gasteiger partial charge is 0.119 e. The first-order valence-corrected chi connectivity index (χ1v) is 6.93. The van der Waals surface area contributed by atoms with E-state index >= 15 is 0 Å². The van der Waals surface area contributed by atoms with Gasteiger partial charge in [-0.05, 0) is 37.5 Å². The summed E-state index contributed by atoms with van der Waals surface area (Å²) in [6.45, 7) is 3.48. The van der Waals surface area contributed by atoms with Crippen LogP contribution in [0.15, 0.2) is 24.3 Å². The van der Waals surface area contributed by atoms with Crippen molar-refractivity contribution in [2.24, 2.45) is 0 Å². The minimum absolute atomic E-state index is 0.186. The molecule has 0 unspecified atom stereocenters. The van der Waals surface area contributed by atoms with Gasteiger partial charge in [0.15, 0.2) is 0 Å². The molecule has 0 radical (unpaired) electrons. The first kappa shape index (κ1) is 13.4. The van der Waals surface area contributed by atoms with Crippen molar-refractivity contribution in [2.45, 2.75) is 51.3 Å². The highest BCUT2D eigenvalue weighted by Crippen LogP contribution is 2.19. The monoisotopic (exact) mass is 249 g/mol. The molecule has 1 aromatic rings. The van der Waals surface area contributed by atoms with Crippen LogP contribution >= 0.6 is 0 Å². The minimum atomic E-state index is -0.186. The lowest BCUT2D eigenvalue weighted by Gasteiger charge is -2.28. The Balaban J connectivity index is 1.87. The van der Waals surface area contributed by atoms with E-state index < -0.39 is 0 Å². The lowest BCUT2D eigenvalue weighted by atomic mass is 9.92. The van der Waals surface area contributed by atoms with Gasteiger partial charge >= 0.3 is 0 Å². The van der Waals surface area contributed by atoms with Crippen molar-refractivity contribution < 1.29 is 9.84 Å². The van der Waals surface area contributed by atoms with Crippen molar-refractivity contribution in [3.05, 3.63) is 29.8 Å². The predicted octanol–water partition coefficient (Wildman–Crippen LogP) is 2.48. The fraction of sp³-hybridized carbons (Fsp3) is 0.600. The standard InChI is InChI=1S/C15H23NO2/c1-2-18-13-7-5-6-12(10-13)11-16-14-8-3-4-9-15(14)17/h5-7,10,14-17H,2-4,8-9,11H2,1H3/t14-,15-/m1/s1. The van der Waals surface area contributed by atoms with Crippen LogP contribution in [0.25, 0.3) is 0 Å². The Morgan fingerprint density at radius 2 is 2.17 bits per heavy atom. The highest BCUT2D eigenvalue weighted by molar-refractivity contribution is 5.28. The molecule has 0 heterocycles. The van der Waals surface area contributed by atoms with Crippen molar-refractivity contribution in [1.82, 2.24) is 5.32 Å². The van der Waals surface area contributed by atoms with Crippen molar-refractivity contribution in [3.63, 3.8) is 0 Å². The van der Waals surface area contributed by atoms with Crippen LogP contribution in [-0.4, -0.2) is 23.9 Å². The van der Waals surface area contributed by atoms with Crippen molar-refractivity contribution in [3.8, 4) is 5.75 Å². The Hall–Kier alpha value is -1.06. The lowest BCUT2D eigenvalue weighted by Crippen LogP contribution is -2.41. The predicted molar refractivity (Wildman–Crippen MR) is 72.7 cm³/mol. The average Bonchev–Trinajstić information content (AvgIpc) is 2.39. The topological polar surface area (TPSA) is 41.5 Å². The summed E-state index contributed by atoms with van der Waals surface area (Å²) in [5.74, 6) is 0.918. The summed E-state index contributed by atoms with van der Waals surface area (Å²) in [4.78, 5) is 0. The second-order valence-corrected chi connectivity index (χ2v) is 4.92. The Bertz CT molecular complexity index is 367. The molecule has 100 valence electrons. The number of rotatable bonds is 5. The van der Waals surface area contributed by atoms with Gasteiger partial charge in [-0.25, -0.2) is 0 Å². The molecule has 1 aliphatic carbocycles. The normalized spacial score (nSPS) is 23.9. The number of nitrogens with one attached hydrogen (secondary N) is 1. The molecule has 0 amide bonds. The number of aliphatic hydroxyl groups excluding tert-OH is 1. The molecule has 2 atom stereocenters. The summed E-state index contributed by atoms with van der Waals surface area (Å²) in [6.07, 6.45) is 4.18. The molecule has 1 fully saturated rings. The van der Waals surface area contributed by atoms with Gasteiger partial charge in [-0.15, -0.1) is 0 Å². The Kier molecular flexibility index (Phi) is 5.02. The number of aliphatic hydroxyl groups is 1. The second-order valence-electron chi connectivity index (χ2n) is 4.92. The summed E-state index contributed by atoms with van der Waals surface area (Å²) in [7, 11) is 0. The summed E-state index contributed by atoms with van der Waals surface area (Å²) in [5, 5.41) is 13.3. The van der Waals surface area contributed by atoms with Crippen LogP contribution in [0.3, 0.4) is 0 Å². The molecule has 3 nitrogen and oxygen atoms in total. The van der Waals surface area contributed by atoms with E-state index in [1.807, 2.05) is 19.1 Å². The van der Waals surface area contributed by atoms with Gasteiger partial charge in [-0.2, -0.15) is 0 Å². The van der Waals surface area contributed by atoms with Gasteiger partial charge in [0, 0.05) is 12.6 Å². The summed E-state index contributed by atoms with van der Waals surface area (Å²) >= 11 is 0. The van der Waals surface area contributed by atoms with Crippen LogP contribution in [0.2, 0.25) is 0 Å². The number of benzene rings is 1. The number of hydrogen-bond acceptors (Lipinski definition) is 3. The zero-order valence-electron chi connectivity index (χ0n) is 11.1. The molecule has 0 saturated heterocycles. The molecule has 0 aromatic heterocycles. The molecular formula is C15H23NO2. The van der Waals surface area contributed by atoms with Crippen molar-refractivity contribution in [1.29, 1.82) is 0 Å². The van der Waals surface area contributed by atoms with Crippen LogP contribution < -0.4 is 10.1 Å².